The van der Waals surface area contributed by atoms with E-state index in [1.54, 1.807) is 18.4 Å². The van der Waals surface area contributed by atoms with Gasteiger partial charge in [-0.1, -0.05) is 6.07 Å². The summed E-state index contributed by atoms with van der Waals surface area (Å²) in [4.78, 5) is 12.5. The lowest BCUT2D eigenvalue weighted by atomic mass is 10.1. The third kappa shape index (κ3) is 5.97. The highest BCUT2D eigenvalue weighted by Gasteiger charge is 2.23. The van der Waals surface area contributed by atoms with Crippen molar-refractivity contribution in [3.8, 4) is 5.75 Å². The Morgan fingerprint density at radius 1 is 1.36 bits per heavy atom. The highest BCUT2D eigenvalue weighted by molar-refractivity contribution is 14.0. The van der Waals surface area contributed by atoms with Crippen molar-refractivity contribution in [3.05, 3.63) is 39.8 Å². The summed E-state index contributed by atoms with van der Waals surface area (Å²) >= 11 is 1.74. The fourth-order valence-corrected chi connectivity index (χ4v) is 4.28. The van der Waals surface area contributed by atoms with Crippen LogP contribution in [0.25, 0.3) is 0 Å². The topological polar surface area (TPSA) is 61.8 Å². The van der Waals surface area contributed by atoms with Crippen molar-refractivity contribution in [1.29, 1.82) is 0 Å². The number of nitrogens with one attached hydrogen (secondary N) is 2. The summed E-state index contributed by atoms with van der Waals surface area (Å²) in [7, 11) is 3.53. The fraction of sp³-hybridized carbons (Fsp3) is 0.500. The number of guanidine groups is 1. The minimum atomic E-state index is 0. The zero-order valence-corrected chi connectivity index (χ0v) is 20.1. The second-order valence-corrected chi connectivity index (χ2v) is 8.14. The molecular formula is C20H30IN5OS. The molecule has 1 unspecified atom stereocenters. The minimum Gasteiger partial charge on any atom is -0.497 e. The van der Waals surface area contributed by atoms with Crippen molar-refractivity contribution in [2.75, 3.05) is 38.7 Å². The molecule has 1 saturated heterocycles. The van der Waals surface area contributed by atoms with Crippen molar-refractivity contribution in [2.24, 2.45) is 10.9 Å². The number of aromatic nitrogens is 1. The Labute approximate surface area is 188 Å². The Kier molecular flexibility index (Phi) is 8.81. The predicted molar refractivity (Wildman–Crippen MR) is 129 cm³/mol. The third-order valence-electron chi connectivity index (χ3n) is 4.90. The molecule has 0 spiro atoms. The van der Waals surface area contributed by atoms with E-state index in [2.05, 4.69) is 50.6 Å². The summed E-state index contributed by atoms with van der Waals surface area (Å²) < 4.78 is 5.34. The zero-order chi connectivity index (χ0) is 19.2. The second-order valence-electron chi connectivity index (χ2n) is 6.85. The molecule has 1 aliphatic heterocycles. The Morgan fingerprint density at radius 2 is 2.18 bits per heavy atom. The van der Waals surface area contributed by atoms with Crippen LogP contribution in [0.3, 0.4) is 0 Å². The number of hydrogen-bond acceptors (Lipinski definition) is 5. The van der Waals surface area contributed by atoms with Gasteiger partial charge < -0.3 is 20.3 Å². The highest BCUT2D eigenvalue weighted by atomic mass is 127. The Balaban J connectivity index is 0.00000280. The molecule has 2 heterocycles. The summed E-state index contributed by atoms with van der Waals surface area (Å²) in [5, 5.41) is 7.98. The van der Waals surface area contributed by atoms with Gasteiger partial charge in [0.2, 0.25) is 0 Å². The smallest absolute Gasteiger partial charge is 0.191 e. The number of aliphatic imine (C=N–C) groups is 1. The maximum absolute atomic E-state index is 5.34. The standard InChI is InChI=1S/C20H29N5OS.HI/c1-14-19(27-15(2)24-14)12-23-20(21-3)22-11-16-8-9-25(13-16)17-6-5-7-18(10-17)26-4;/h5-7,10,16H,8-9,11-13H2,1-4H3,(H2,21,22,23);1H. The summed E-state index contributed by atoms with van der Waals surface area (Å²) in [5.74, 6) is 2.36. The number of anilines is 1. The Hall–Kier alpha value is -1.55. The van der Waals surface area contributed by atoms with Crippen LogP contribution in [0.15, 0.2) is 29.3 Å². The van der Waals surface area contributed by atoms with Crippen LogP contribution in [0.5, 0.6) is 5.75 Å². The molecule has 154 valence electrons. The fourth-order valence-electron chi connectivity index (χ4n) is 3.40. The molecule has 0 aliphatic carbocycles. The molecule has 3 rings (SSSR count). The Bertz CT molecular complexity index is 795. The van der Waals surface area contributed by atoms with E-state index < -0.39 is 0 Å². The van der Waals surface area contributed by atoms with Gasteiger partial charge in [0.15, 0.2) is 5.96 Å². The molecule has 6 nitrogen and oxygen atoms in total. The van der Waals surface area contributed by atoms with Gasteiger partial charge in [-0.25, -0.2) is 4.98 Å². The molecule has 0 bridgehead atoms. The van der Waals surface area contributed by atoms with E-state index in [0.717, 1.165) is 48.6 Å². The molecule has 1 aliphatic rings. The average Bonchev–Trinajstić information content (AvgIpc) is 3.28. The van der Waals surface area contributed by atoms with Gasteiger partial charge in [-0.05, 0) is 38.3 Å². The number of hydrogen-bond donors (Lipinski definition) is 2. The molecule has 28 heavy (non-hydrogen) atoms. The van der Waals surface area contributed by atoms with Crippen LogP contribution in [0.1, 0.15) is 22.0 Å². The van der Waals surface area contributed by atoms with Crippen molar-refractivity contribution in [2.45, 2.75) is 26.8 Å². The van der Waals surface area contributed by atoms with E-state index in [4.69, 9.17) is 4.74 Å². The van der Waals surface area contributed by atoms with Gasteiger partial charge in [0.1, 0.15) is 5.75 Å². The third-order valence-corrected chi connectivity index (χ3v) is 5.97. The van der Waals surface area contributed by atoms with Gasteiger partial charge in [0, 0.05) is 43.3 Å². The van der Waals surface area contributed by atoms with Gasteiger partial charge in [0.05, 0.1) is 24.4 Å². The average molecular weight is 515 g/mol. The summed E-state index contributed by atoms with van der Waals surface area (Å²) in [6.45, 7) is 7.90. The van der Waals surface area contributed by atoms with E-state index in [1.807, 2.05) is 20.0 Å². The molecule has 2 aromatic rings. The van der Waals surface area contributed by atoms with Crippen LogP contribution in [0, 0.1) is 19.8 Å². The number of aryl methyl sites for hydroxylation is 2. The van der Waals surface area contributed by atoms with Gasteiger partial charge in [-0.15, -0.1) is 35.3 Å². The first-order valence-electron chi connectivity index (χ1n) is 9.35. The number of ether oxygens (including phenoxy) is 1. The summed E-state index contributed by atoms with van der Waals surface area (Å²) in [6.07, 6.45) is 1.17. The number of rotatable bonds is 6. The van der Waals surface area contributed by atoms with Crippen LogP contribution in [-0.4, -0.2) is 44.7 Å². The number of methoxy groups -OCH3 is 1. The maximum atomic E-state index is 5.34. The molecule has 0 amide bonds. The molecule has 1 aromatic carbocycles. The number of benzene rings is 1. The normalized spacial score (nSPS) is 16.6. The molecule has 1 atom stereocenters. The summed E-state index contributed by atoms with van der Waals surface area (Å²) in [6, 6.07) is 8.29. The van der Waals surface area contributed by atoms with Gasteiger partial charge in [0.25, 0.3) is 0 Å². The van der Waals surface area contributed by atoms with E-state index in [0.29, 0.717) is 5.92 Å². The summed E-state index contributed by atoms with van der Waals surface area (Å²) in [5.41, 5.74) is 2.33. The SMILES string of the molecule is CN=C(NCc1sc(C)nc1C)NCC1CCN(c2cccc(OC)c2)C1.I. The van der Waals surface area contributed by atoms with E-state index in [1.165, 1.54) is 17.0 Å². The van der Waals surface area contributed by atoms with Crippen LogP contribution < -0.4 is 20.3 Å². The van der Waals surface area contributed by atoms with Crippen LogP contribution >= 0.6 is 35.3 Å². The minimum absolute atomic E-state index is 0. The monoisotopic (exact) mass is 515 g/mol. The molecular weight excluding hydrogens is 485 g/mol. The van der Waals surface area contributed by atoms with Crippen LogP contribution in [0.4, 0.5) is 5.69 Å². The van der Waals surface area contributed by atoms with E-state index in [-0.39, 0.29) is 24.0 Å². The van der Waals surface area contributed by atoms with Crippen LogP contribution in [0.2, 0.25) is 0 Å². The van der Waals surface area contributed by atoms with E-state index >= 15 is 0 Å². The largest absolute Gasteiger partial charge is 0.497 e. The van der Waals surface area contributed by atoms with Gasteiger partial charge in [-0.3, -0.25) is 4.99 Å². The number of halogens is 1. The second kappa shape index (κ2) is 10.8. The first-order chi connectivity index (χ1) is 13.1. The lowest BCUT2D eigenvalue weighted by Crippen LogP contribution is -2.39. The highest BCUT2D eigenvalue weighted by Crippen LogP contribution is 2.26. The molecule has 0 saturated carbocycles. The predicted octanol–water partition coefficient (Wildman–Crippen LogP) is 3.58. The van der Waals surface area contributed by atoms with Crippen molar-refractivity contribution in [1.82, 2.24) is 15.6 Å². The molecule has 8 heteroatoms. The molecule has 0 radical (unpaired) electrons. The zero-order valence-electron chi connectivity index (χ0n) is 17.0. The lowest BCUT2D eigenvalue weighted by Gasteiger charge is -2.20. The van der Waals surface area contributed by atoms with Crippen molar-refractivity contribution in [3.63, 3.8) is 0 Å². The van der Waals surface area contributed by atoms with Gasteiger partial charge >= 0.3 is 0 Å². The maximum Gasteiger partial charge on any atom is 0.191 e. The number of nitrogens with zero attached hydrogens (tertiary/aromatic N) is 3. The molecule has 1 fully saturated rings. The number of thiazole rings is 1. The first-order valence-corrected chi connectivity index (χ1v) is 10.2. The van der Waals surface area contributed by atoms with E-state index in [9.17, 15) is 0 Å². The van der Waals surface area contributed by atoms with Crippen molar-refractivity contribution < 1.29 is 4.74 Å². The molecule has 2 N–H and O–H groups in total. The quantitative estimate of drug-likeness (QED) is 0.350. The Morgan fingerprint density at radius 3 is 2.86 bits per heavy atom. The van der Waals surface area contributed by atoms with Gasteiger partial charge in [-0.2, -0.15) is 0 Å². The molecule has 1 aromatic heterocycles. The lowest BCUT2D eigenvalue weighted by molar-refractivity contribution is 0.415. The first kappa shape index (κ1) is 22.7. The van der Waals surface area contributed by atoms with Crippen LogP contribution in [-0.2, 0) is 6.54 Å². The van der Waals surface area contributed by atoms with Crippen molar-refractivity contribution >= 4 is 47.0 Å².